The Bertz CT molecular complexity index is 1920. The molecule has 0 amide bonds. The van der Waals surface area contributed by atoms with Gasteiger partial charge in [0.1, 0.15) is 18.8 Å². The second kappa shape index (κ2) is 18.4. The van der Waals surface area contributed by atoms with Crippen molar-refractivity contribution in [2.75, 3.05) is 19.1 Å². The molecule has 0 aromatic carbocycles. The van der Waals surface area contributed by atoms with Crippen LogP contribution in [0.2, 0.25) is 10.0 Å². The molecule has 4 heterocycles. The number of aliphatic hydroxyl groups excluding tert-OH is 1. The van der Waals surface area contributed by atoms with E-state index in [1.165, 1.54) is 68.4 Å². The Balaban J connectivity index is 0.000000286. The van der Waals surface area contributed by atoms with Gasteiger partial charge in [0.2, 0.25) is 11.8 Å². The van der Waals surface area contributed by atoms with Gasteiger partial charge in [0.25, 0.3) is 0 Å². The minimum absolute atomic E-state index is 0.0336. The van der Waals surface area contributed by atoms with Crippen molar-refractivity contribution in [1.29, 1.82) is 0 Å². The molecule has 4 N–H and O–H groups in total. The minimum atomic E-state index is -3.33. The monoisotopic (exact) mass is 771 g/mol. The summed E-state index contributed by atoms with van der Waals surface area (Å²) in [4.78, 5) is 47.5. The van der Waals surface area contributed by atoms with E-state index in [1.54, 1.807) is 0 Å². The van der Waals surface area contributed by atoms with Gasteiger partial charge in [0, 0.05) is 60.8 Å². The van der Waals surface area contributed by atoms with E-state index >= 15 is 0 Å². The molecule has 20 heteroatoms. The fourth-order valence-electron chi connectivity index (χ4n) is 3.16. The molecule has 0 saturated heterocycles. The van der Waals surface area contributed by atoms with Crippen LogP contribution in [0.3, 0.4) is 0 Å². The molecule has 16 nitrogen and oxygen atoms in total. The lowest BCUT2D eigenvalue weighted by atomic mass is 10.1. The summed E-state index contributed by atoms with van der Waals surface area (Å²) in [5, 5.41) is 17.1. The summed E-state index contributed by atoms with van der Waals surface area (Å²) < 4.78 is 56.6. The zero-order valence-electron chi connectivity index (χ0n) is 26.6. The summed E-state index contributed by atoms with van der Waals surface area (Å²) >= 11 is 11.5. The number of hydrogen-bond donors (Lipinski definition) is 3. The fourth-order valence-corrected chi connectivity index (χ4v) is 4.72. The highest BCUT2D eigenvalue weighted by molar-refractivity contribution is 7.91. The number of aldehydes is 2. The number of sulfone groups is 2. The Morgan fingerprint density at radius 2 is 1.16 bits per heavy atom. The number of halogens is 2. The smallest absolute Gasteiger partial charge is 0.325 e. The number of pyridine rings is 4. The van der Waals surface area contributed by atoms with Crippen molar-refractivity contribution in [3.8, 4) is 11.8 Å². The second-order valence-electron chi connectivity index (χ2n) is 10.4. The number of carboxylic acids is 1. The molecule has 50 heavy (non-hydrogen) atoms. The SMILES string of the molecule is CS(=O)(=O)c1cncc(COc2ncc(Cl)cc2C=O)c1.CS(=O)(=O)c1cncc(COc2ncc(Cl)cc2C=O)c1.C[C@](N)(CO)C(=O)O. The number of hydrogen-bond acceptors (Lipinski definition) is 15. The van der Waals surface area contributed by atoms with Crippen LogP contribution in [0, 0.1) is 0 Å². The highest BCUT2D eigenvalue weighted by Gasteiger charge is 2.26. The Morgan fingerprint density at radius 3 is 1.44 bits per heavy atom. The fraction of sp³-hybridized carbons (Fsp3) is 0.233. The molecular formula is C30H31Cl2N5O11S2. The predicted octanol–water partition coefficient (Wildman–Crippen LogP) is 2.63. The van der Waals surface area contributed by atoms with E-state index in [0.29, 0.717) is 33.7 Å². The topological polar surface area (TPSA) is 256 Å². The minimum Gasteiger partial charge on any atom is -0.480 e. The van der Waals surface area contributed by atoms with Gasteiger partial charge in [-0.2, -0.15) is 0 Å². The molecule has 268 valence electrons. The Morgan fingerprint density at radius 1 is 0.780 bits per heavy atom. The lowest BCUT2D eigenvalue weighted by Gasteiger charge is -2.13. The van der Waals surface area contributed by atoms with Gasteiger partial charge in [-0.05, 0) is 31.2 Å². The largest absolute Gasteiger partial charge is 0.480 e. The summed E-state index contributed by atoms with van der Waals surface area (Å²) in [6, 6.07) is 5.78. The van der Waals surface area contributed by atoms with E-state index in [9.17, 15) is 31.2 Å². The van der Waals surface area contributed by atoms with E-state index in [2.05, 4.69) is 19.9 Å². The maximum atomic E-state index is 11.4. The number of carboxylic acid groups (broad SMARTS) is 1. The first kappa shape index (κ1) is 41.6. The summed E-state index contributed by atoms with van der Waals surface area (Å²) in [5.41, 5.74) is 5.05. The molecule has 1 atom stereocenters. The number of rotatable bonds is 12. The molecule has 0 spiro atoms. The molecule has 0 saturated carbocycles. The van der Waals surface area contributed by atoms with Crippen molar-refractivity contribution in [2.45, 2.75) is 35.5 Å². The molecule has 0 bridgehead atoms. The summed E-state index contributed by atoms with van der Waals surface area (Å²) in [6.45, 7) is 0.773. The molecule has 4 rings (SSSR count). The number of aromatic nitrogens is 4. The van der Waals surface area contributed by atoms with Crippen molar-refractivity contribution < 1.29 is 50.9 Å². The first-order valence-corrected chi connectivity index (χ1v) is 18.2. The average molecular weight is 773 g/mol. The Labute approximate surface area is 297 Å². The van der Waals surface area contributed by atoms with Crippen LogP contribution in [0.5, 0.6) is 11.8 Å². The molecule has 4 aromatic rings. The molecular weight excluding hydrogens is 741 g/mol. The number of carbonyl (C=O) groups excluding carboxylic acids is 2. The van der Waals surface area contributed by atoms with Gasteiger partial charge >= 0.3 is 5.97 Å². The number of carbonyl (C=O) groups is 3. The number of aliphatic carboxylic acids is 1. The number of ether oxygens (including phenoxy) is 2. The maximum absolute atomic E-state index is 11.4. The number of nitrogens with two attached hydrogens (primary N) is 1. The summed E-state index contributed by atoms with van der Waals surface area (Å²) in [6.07, 6.45) is 11.5. The maximum Gasteiger partial charge on any atom is 0.325 e. The lowest BCUT2D eigenvalue weighted by Crippen LogP contribution is -2.48. The third-order valence-electron chi connectivity index (χ3n) is 5.91. The van der Waals surface area contributed by atoms with E-state index in [4.69, 9.17) is 48.6 Å². The second-order valence-corrected chi connectivity index (χ2v) is 15.3. The van der Waals surface area contributed by atoms with E-state index in [1.807, 2.05) is 0 Å². The zero-order valence-corrected chi connectivity index (χ0v) is 29.7. The van der Waals surface area contributed by atoms with Gasteiger partial charge in [-0.3, -0.25) is 24.4 Å². The predicted molar refractivity (Wildman–Crippen MR) is 180 cm³/mol. The molecule has 0 unspecified atom stereocenters. The van der Waals surface area contributed by atoms with Crippen LogP contribution in [0.25, 0.3) is 0 Å². The first-order valence-electron chi connectivity index (χ1n) is 13.7. The molecule has 0 aliphatic heterocycles. The standard InChI is InChI=1S/2C13H11ClN2O4S.C4H9NO3/c2*1-21(18,19)12-2-9(4-15-6-12)8-20-13-10(7-17)3-11(14)5-16-13;1-4(5,2-6)3(7)8/h2*2-7H,8H2,1H3;6H,2,5H2,1H3,(H,7,8)/t;;4-/m..0/s1. The van der Waals surface area contributed by atoms with Crippen LogP contribution < -0.4 is 15.2 Å². The molecule has 0 aliphatic rings. The van der Waals surface area contributed by atoms with Gasteiger partial charge in [-0.15, -0.1) is 0 Å². The van der Waals surface area contributed by atoms with Crippen LogP contribution in [-0.4, -0.2) is 90.2 Å². The van der Waals surface area contributed by atoms with E-state index < -0.39 is 37.8 Å². The summed E-state index contributed by atoms with van der Waals surface area (Å²) in [5.74, 6) is -0.946. The van der Waals surface area contributed by atoms with Gasteiger partial charge in [-0.1, -0.05) is 23.2 Å². The van der Waals surface area contributed by atoms with Crippen molar-refractivity contribution in [3.63, 3.8) is 0 Å². The van der Waals surface area contributed by atoms with Crippen LogP contribution >= 0.6 is 23.2 Å². The highest BCUT2D eigenvalue weighted by Crippen LogP contribution is 2.21. The molecule has 0 fully saturated rings. The molecule has 0 radical (unpaired) electrons. The van der Waals surface area contributed by atoms with Crippen molar-refractivity contribution in [1.82, 2.24) is 19.9 Å². The van der Waals surface area contributed by atoms with Gasteiger partial charge in [-0.25, -0.2) is 26.8 Å². The molecule has 0 aliphatic carbocycles. The first-order chi connectivity index (χ1) is 23.3. The highest BCUT2D eigenvalue weighted by atomic mass is 35.5. The Kier molecular flexibility index (Phi) is 15.3. The Hall–Kier alpha value is -4.59. The van der Waals surface area contributed by atoms with E-state index in [-0.39, 0.29) is 45.9 Å². The van der Waals surface area contributed by atoms with Crippen LogP contribution in [0.15, 0.2) is 71.2 Å². The van der Waals surface area contributed by atoms with Gasteiger partial charge in [0.05, 0.1) is 37.6 Å². The van der Waals surface area contributed by atoms with Crippen molar-refractivity contribution in [3.05, 3.63) is 93.7 Å². The third kappa shape index (κ3) is 13.4. The van der Waals surface area contributed by atoms with Crippen molar-refractivity contribution in [2.24, 2.45) is 5.73 Å². The number of aliphatic hydroxyl groups is 1. The number of nitrogens with zero attached hydrogens (tertiary/aromatic N) is 4. The third-order valence-corrected chi connectivity index (χ3v) is 8.48. The normalized spacial score (nSPS) is 12.1. The quantitative estimate of drug-likeness (QED) is 0.175. The lowest BCUT2D eigenvalue weighted by molar-refractivity contribution is -0.144. The van der Waals surface area contributed by atoms with Crippen LogP contribution in [0.4, 0.5) is 0 Å². The van der Waals surface area contributed by atoms with Crippen molar-refractivity contribution >= 4 is 61.4 Å². The zero-order chi connectivity index (χ0) is 37.7. The van der Waals surface area contributed by atoms with Crippen LogP contribution in [-0.2, 0) is 37.7 Å². The average Bonchev–Trinajstić information content (AvgIpc) is 3.07. The molecule has 4 aromatic heterocycles. The van der Waals surface area contributed by atoms with E-state index in [0.717, 1.165) is 12.5 Å². The van der Waals surface area contributed by atoms with Crippen LogP contribution in [0.1, 0.15) is 38.8 Å². The summed E-state index contributed by atoms with van der Waals surface area (Å²) in [7, 11) is -6.67. The van der Waals surface area contributed by atoms with Gasteiger partial charge in [0.15, 0.2) is 32.2 Å². The van der Waals surface area contributed by atoms with Gasteiger partial charge < -0.3 is 25.4 Å².